The number of Topliss-reactive ketones (excluding diaryl/α,β-unsaturated/α-hetero) is 1. The fourth-order valence-corrected chi connectivity index (χ4v) is 4.60. The van der Waals surface area contributed by atoms with Crippen LogP contribution in [0.4, 0.5) is 4.39 Å². The summed E-state index contributed by atoms with van der Waals surface area (Å²) in [6.07, 6.45) is 4.02. The predicted molar refractivity (Wildman–Crippen MR) is 114 cm³/mol. The Labute approximate surface area is 175 Å². The Morgan fingerprint density at radius 2 is 1.80 bits per heavy atom. The van der Waals surface area contributed by atoms with Gasteiger partial charge in [0.2, 0.25) is 0 Å². The second-order valence-corrected chi connectivity index (χ2v) is 8.27. The maximum absolute atomic E-state index is 14.1. The van der Waals surface area contributed by atoms with Gasteiger partial charge in [0.15, 0.2) is 11.6 Å². The molecule has 0 amide bonds. The lowest BCUT2D eigenvalue weighted by Crippen LogP contribution is -2.29. The molecule has 6 heteroatoms. The number of nitrogens with zero attached hydrogens (tertiary/aromatic N) is 2. The Kier molecular flexibility index (Phi) is 5.75. The van der Waals surface area contributed by atoms with E-state index in [1.807, 2.05) is 30.3 Å². The van der Waals surface area contributed by atoms with Gasteiger partial charge in [-0.25, -0.2) is 9.18 Å². The van der Waals surface area contributed by atoms with Gasteiger partial charge < -0.3 is 4.74 Å². The molecule has 1 aromatic heterocycles. The number of ketones is 1. The Bertz CT molecular complexity index is 1110. The van der Waals surface area contributed by atoms with Crippen LogP contribution in [0.1, 0.15) is 31.2 Å². The van der Waals surface area contributed by atoms with Gasteiger partial charge in [0.05, 0.1) is 18.1 Å². The van der Waals surface area contributed by atoms with Crippen LogP contribution in [-0.2, 0) is 24.8 Å². The molecule has 0 bridgehead atoms. The van der Waals surface area contributed by atoms with E-state index in [9.17, 15) is 14.0 Å². The molecule has 4 rings (SSSR count). The standard InChI is InChI=1S/C24H27FN2O3/c1-26-20-13-19(25)23(30-2)14-21(20)27(24(26)29)15-17-8-10-18(11-9-17)22(28)12-16-6-4-3-5-7-16/h3-7,13-14,17-18H,8-12,15H2,1-2H3. The van der Waals surface area contributed by atoms with E-state index in [1.54, 1.807) is 17.7 Å². The summed E-state index contributed by atoms with van der Waals surface area (Å²) in [4.78, 5) is 25.4. The number of carbonyl (C=O) groups is 1. The topological polar surface area (TPSA) is 53.2 Å². The van der Waals surface area contributed by atoms with Gasteiger partial charge in [-0.05, 0) is 37.2 Å². The summed E-state index contributed by atoms with van der Waals surface area (Å²) in [6, 6.07) is 12.8. The lowest BCUT2D eigenvalue weighted by atomic mass is 9.79. The van der Waals surface area contributed by atoms with Crippen molar-refractivity contribution in [2.45, 2.75) is 38.6 Å². The zero-order valence-corrected chi connectivity index (χ0v) is 17.4. The highest BCUT2D eigenvalue weighted by molar-refractivity contribution is 5.83. The van der Waals surface area contributed by atoms with Crippen LogP contribution in [0.2, 0.25) is 0 Å². The fourth-order valence-electron chi connectivity index (χ4n) is 4.60. The highest BCUT2D eigenvalue weighted by Crippen LogP contribution is 2.32. The van der Waals surface area contributed by atoms with Crippen LogP contribution in [0.25, 0.3) is 11.0 Å². The molecule has 2 aromatic carbocycles. The molecule has 0 N–H and O–H groups in total. The molecule has 0 saturated heterocycles. The van der Waals surface area contributed by atoms with Gasteiger partial charge in [-0.15, -0.1) is 0 Å². The molecule has 1 aliphatic carbocycles. The van der Waals surface area contributed by atoms with Gasteiger partial charge >= 0.3 is 5.69 Å². The van der Waals surface area contributed by atoms with Crippen LogP contribution in [0.5, 0.6) is 5.75 Å². The van der Waals surface area contributed by atoms with Crippen molar-refractivity contribution in [1.82, 2.24) is 9.13 Å². The molecule has 5 nitrogen and oxygen atoms in total. The van der Waals surface area contributed by atoms with Crippen molar-refractivity contribution in [3.8, 4) is 5.75 Å². The quantitative estimate of drug-likeness (QED) is 0.615. The lowest BCUT2D eigenvalue weighted by Gasteiger charge is -2.28. The van der Waals surface area contributed by atoms with E-state index in [4.69, 9.17) is 4.74 Å². The van der Waals surface area contributed by atoms with Crippen LogP contribution >= 0.6 is 0 Å². The van der Waals surface area contributed by atoms with Crippen molar-refractivity contribution >= 4 is 16.8 Å². The first-order valence-electron chi connectivity index (χ1n) is 10.5. The summed E-state index contributed by atoms with van der Waals surface area (Å²) in [5.41, 5.74) is 2.15. The van der Waals surface area contributed by atoms with Crippen molar-refractivity contribution in [3.05, 3.63) is 64.3 Å². The SMILES string of the molecule is COc1cc2c(cc1F)n(C)c(=O)n2CC1CCC(C(=O)Cc2ccccc2)CC1. The van der Waals surface area contributed by atoms with Crippen molar-refractivity contribution in [2.24, 2.45) is 18.9 Å². The van der Waals surface area contributed by atoms with Gasteiger partial charge in [0, 0.05) is 38.1 Å². The zero-order chi connectivity index (χ0) is 21.3. The normalized spacial score (nSPS) is 19.2. The van der Waals surface area contributed by atoms with Gasteiger partial charge in [-0.2, -0.15) is 0 Å². The van der Waals surface area contributed by atoms with Crippen molar-refractivity contribution in [1.29, 1.82) is 0 Å². The number of fused-ring (bicyclic) bond motifs is 1. The molecule has 0 radical (unpaired) electrons. The minimum Gasteiger partial charge on any atom is -0.494 e. The minimum absolute atomic E-state index is 0.0971. The van der Waals surface area contributed by atoms with Crippen molar-refractivity contribution in [3.63, 3.8) is 0 Å². The first-order chi connectivity index (χ1) is 14.5. The number of hydrogen-bond acceptors (Lipinski definition) is 3. The number of ether oxygens (including phenoxy) is 1. The van der Waals surface area contributed by atoms with Gasteiger partial charge in [-0.3, -0.25) is 13.9 Å². The predicted octanol–water partition coefficient (Wildman–Crippen LogP) is 4.11. The average molecular weight is 410 g/mol. The van der Waals surface area contributed by atoms with E-state index in [-0.39, 0.29) is 17.4 Å². The molecule has 0 spiro atoms. The minimum atomic E-state index is -0.477. The van der Waals surface area contributed by atoms with Crippen molar-refractivity contribution < 1.29 is 13.9 Å². The third-order valence-electron chi connectivity index (χ3n) is 6.38. The smallest absolute Gasteiger partial charge is 0.328 e. The summed E-state index contributed by atoms with van der Waals surface area (Å²) in [5, 5.41) is 0. The zero-order valence-electron chi connectivity index (χ0n) is 17.4. The molecule has 30 heavy (non-hydrogen) atoms. The second-order valence-electron chi connectivity index (χ2n) is 8.27. The number of carbonyl (C=O) groups excluding carboxylic acids is 1. The largest absolute Gasteiger partial charge is 0.494 e. The maximum atomic E-state index is 14.1. The van der Waals surface area contributed by atoms with Crippen LogP contribution in [0.3, 0.4) is 0 Å². The number of rotatable bonds is 6. The third-order valence-corrected chi connectivity index (χ3v) is 6.38. The van der Waals surface area contributed by atoms with Gasteiger partial charge in [-0.1, -0.05) is 30.3 Å². The summed E-state index contributed by atoms with van der Waals surface area (Å²) in [5.74, 6) is 0.388. The maximum Gasteiger partial charge on any atom is 0.328 e. The van der Waals surface area contributed by atoms with E-state index in [0.29, 0.717) is 35.7 Å². The van der Waals surface area contributed by atoms with Crippen molar-refractivity contribution in [2.75, 3.05) is 7.11 Å². The number of imidazole rings is 1. The van der Waals surface area contributed by atoms with Crippen LogP contribution in [-0.4, -0.2) is 22.0 Å². The Balaban J connectivity index is 1.45. The molecule has 1 aliphatic rings. The molecule has 1 fully saturated rings. The van der Waals surface area contributed by atoms with Gasteiger partial charge in [0.25, 0.3) is 0 Å². The molecule has 0 aliphatic heterocycles. The van der Waals surface area contributed by atoms with Crippen LogP contribution < -0.4 is 10.4 Å². The molecular weight excluding hydrogens is 383 g/mol. The molecule has 1 heterocycles. The molecule has 1 saturated carbocycles. The molecule has 0 unspecified atom stereocenters. The molecule has 158 valence electrons. The van der Waals surface area contributed by atoms with E-state index < -0.39 is 5.82 Å². The summed E-state index contributed by atoms with van der Waals surface area (Å²) in [6.45, 7) is 0.574. The molecule has 0 atom stereocenters. The Hall–Kier alpha value is -2.89. The molecule has 3 aromatic rings. The number of benzene rings is 2. The van der Waals surface area contributed by atoms with E-state index in [2.05, 4.69) is 0 Å². The number of halogens is 1. The summed E-state index contributed by atoms with van der Waals surface area (Å²) in [7, 11) is 3.08. The molecular formula is C24H27FN2O3. The van der Waals surface area contributed by atoms with E-state index in [0.717, 1.165) is 31.2 Å². The van der Waals surface area contributed by atoms with Gasteiger partial charge in [0.1, 0.15) is 5.78 Å². The Morgan fingerprint density at radius 3 is 2.47 bits per heavy atom. The summed E-state index contributed by atoms with van der Waals surface area (Å²) < 4.78 is 22.4. The lowest BCUT2D eigenvalue weighted by molar-refractivity contribution is -0.123. The first kappa shape index (κ1) is 20.4. The monoisotopic (exact) mass is 410 g/mol. The van der Waals surface area contributed by atoms with Crippen LogP contribution in [0, 0.1) is 17.7 Å². The highest BCUT2D eigenvalue weighted by atomic mass is 19.1. The second kappa shape index (κ2) is 8.46. The highest BCUT2D eigenvalue weighted by Gasteiger charge is 2.27. The van der Waals surface area contributed by atoms with E-state index >= 15 is 0 Å². The fraction of sp³-hybridized carbons (Fsp3) is 0.417. The number of aryl methyl sites for hydroxylation is 1. The Morgan fingerprint density at radius 1 is 1.10 bits per heavy atom. The average Bonchev–Trinajstić information content (AvgIpc) is 2.98. The summed E-state index contributed by atoms with van der Waals surface area (Å²) >= 11 is 0. The van der Waals surface area contributed by atoms with E-state index in [1.165, 1.54) is 17.7 Å². The number of methoxy groups -OCH3 is 1. The third kappa shape index (κ3) is 3.91. The number of hydrogen-bond donors (Lipinski definition) is 0. The first-order valence-corrected chi connectivity index (χ1v) is 10.5. The number of aromatic nitrogens is 2. The van der Waals surface area contributed by atoms with Crippen LogP contribution in [0.15, 0.2) is 47.3 Å².